The predicted molar refractivity (Wildman–Crippen MR) is 108 cm³/mol. The summed E-state index contributed by atoms with van der Waals surface area (Å²) in [5.74, 6) is 0.00485. The van der Waals surface area contributed by atoms with E-state index in [4.69, 9.17) is 4.74 Å². The molecule has 4 rings (SSSR count). The molecule has 1 aliphatic heterocycles. The van der Waals surface area contributed by atoms with Gasteiger partial charge in [-0.15, -0.1) is 0 Å². The van der Waals surface area contributed by atoms with Crippen molar-refractivity contribution in [3.05, 3.63) is 59.5 Å². The lowest BCUT2D eigenvalue weighted by Gasteiger charge is -2.22. The summed E-state index contributed by atoms with van der Waals surface area (Å²) in [6.45, 7) is 4.13. The van der Waals surface area contributed by atoms with E-state index in [0.29, 0.717) is 31.4 Å². The summed E-state index contributed by atoms with van der Waals surface area (Å²) in [4.78, 5) is 6.16. The first kappa shape index (κ1) is 20.0. The van der Waals surface area contributed by atoms with E-state index in [2.05, 4.69) is 15.0 Å². The van der Waals surface area contributed by atoms with Gasteiger partial charge in [-0.05, 0) is 12.5 Å². The summed E-state index contributed by atoms with van der Waals surface area (Å²) in [5, 5.41) is 14.4. The molecule has 29 heavy (non-hydrogen) atoms. The summed E-state index contributed by atoms with van der Waals surface area (Å²) in [5.41, 5.74) is 2.71. The summed E-state index contributed by atoms with van der Waals surface area (Å²) in [6.07, 6.45) is 2.87. The maximum atomic E-state index is 12.8. The number of thiazole rings is 1. The van der Waals surface area contributed by atoms with E-state index in [1.807, 2.05) is 37.3 Å². The van der Waals surface area contributed by atoms with Crippen LogP contribution in [0.2, 0.25) is 0 Å². The molecule has 0 aliphatic carbocycles. The van der Waals surface area contributed by atoms with Crippen LogP contribution in [0.5, 0.6) is 5.19 Å². The Balaban J connectivity index is 1.47. The van der Waals surface area contributed by atoms with Crippen molar-refractivity contribution in [3.8, 4) is 5.19 Å². The third kappa shape index (κ3) is 4.06. The molecule has 0 radical (unpaired) electrons. The van der Waals surface area contributed by atoms with Crippen LogP contribution in [-0.2, 0) is 23.1 Å². The first-order chi connectivity index (χ1) is 14.0. The van der Waals surface area contributed by atoms with Gasteiger partial charge in [0.2, 0.25) is 0 Å². The van der Waals surface area contributed by atoms with Crippen LogP contribution in [0.1, 0.15) is 29.7 Å². The zero-order chi connectivity index (χ0) is 20.4. The average Bonchev–Trinajstić information content (AvgIpc) is 3.42. The molecule has 8 nitrogen and oxygen atoms in total. The Hall–Kier alpha value is -2.27. The molecule has 1 aromatic carbocycles. The van der Waals surface area contributed by atoms with Crippen molar-refractivity contribution in [2.45, 2.75) is 30.1 Å². The van der Waals surface area contributed by atoms with Crippen molar-refractivity contribution in [2.75, 3.05) is 19.8 Å². The van der Waals surface area contributed by atoms with E-state index in [-0.39, 0.29) is 16.7 Å². The quantitative estimate of drug-likeness (QED) is 0.580. The lowest BCUT2D eigenvalue weighted by molar-refractivity contribution is 0.200. The van der Waals surface area contributed by atoms with Gasteiger partial charge in [0.15, 0.2) is 4.21 Å². The maximum Gasteiger partial charge on any atom is 0.294 e. The molecule has 0 spiro atoms. The summed E-state index contributed by atoms with van der Waals surface area (Å²) in [6, 6.07) is 9.89. The maximum absolute atomic E-state index is 12.8. The fourth-order valence-electron chi connectivity index (χ4n) is 3.40. The third-order valence-corrected chi connectivity index (χ3v) is 7.70. The van der Waals surface area contributed by atoms with Gasteiger partial charge in [-0.1, -0.05) is 41.7 Å². The number of aliphatic hydroxyl groups excluding tert-OH is 1. The second-order valence-corrected chi connectivity index (χ2v) is 9.83. The van der Waals surface area contributed by atoms with Gasteiger partial charge in [-0.3, -0.25) is 4.90 Å². The van der Waals surface area contributed by atoms with E-state index in [1.165, 1.54) is 6.20 Å². The number of ether oxygens (including phenoxy) is 1. The second-order valence-electron chi connectivity index (χ2n) is 6.82. The van der Waals surface area contributed by atoms with Crippen molar-refractivity contribution in [3.63, 3.8) is 0 Å². The second kappa shape index (κ2) is 8.23. The lowest BCUT2D eigenvalue weighted by Crippen LogP contribution is -2.26. The van der Waals surface area contributed by atoms with E-state index >= 15 is 0 Å². The molecule has 0 unspecified atom stereocenters. The van der Waals surface area contributed by atoms with Gasteiger partial charge in [0, 0.05) is 37.3 Å². The molecule has 1 atom stereocenters. The molecule has 10 heteroatoms. The molecule has 0 fully saturated rings. The molecule has 154 valence electrons. The molecule has 1 aliphatic rings. The Kier molecular flexibility index (Phi) is 5.68. The minimum atomic E-state index is -3.78. The Morgan fingerprint density at radius 3 is 2.76 bits per heavy atom. The van der Waals surface area contributed by atoms with Gasteiger partial charge in [-0.2, -0.15) is 17.6 Å². The molecule has 3 heterocycles. The highest BCUT2D eigenvalue weighted by molar-refractivity contribution is 7.92. The zero-order valence-corrected chi connectivity index (χ0v) is 17.6. The minimum absolute atomic E-state index is 0.00485. The molecule has 2 aromatic heterocycles. The number of aliphatic hydroxyl groups is 1. The van der Waals surface area contributed by atoms with Crippen molar-refractivity contribution < 1.29 is 18.3 Å². The van der Waals surface area contributed by atoms with Crippen LogP contribution in [0.25, 0.3) is 0 Å². The van der Waals surface area contributed by atoms with E-state index in [9.17, 15) is 13.5 Å². The standard InChI is InChI=1S/C19H22N4O4S2/c1-2-27-19-20-8-18(28-19)29(25,26)23-11-15-9-22(12-17(15)21-23)10-16(13-24)14-6-4-3-5-7-14/h3-8,11,16,24H,2,9-10,12-13H2,1H3/t16-/m0/s1. The van der Waals surface area contributed by atoms with Crippen LogP contribution in [0, 0.1) is 0 Å². The minimum Gasteiger partial charge on any atom is -0.470 e. The fourth-order valence-corrected chi connectivity index (χ4v) is 5.66. The van der Waals surface area contributed by atoms with Gasteiger partial charge < -0.3 is 9.84 Å². The van der Waals surface area contributed by atoms with Crippen molar-refractivity contribution in [1.82, 2.24) is 19.1 Å². The zero-order valence-electron chi connectivity index (χ0n) is 15.9. The fraction of sp³-hybridized carbons (Fsp3) is 0.368. The van der Waals surface area contributed by atoms with Gasteiger partial charge in [0.05, 0.1) is 25.1 Å². The van der Waals surface area contributed by atoms with Crippen molar-refractivity contribution >= 4 is 21.4 Å². The molecule has 1 N–H and O–H groups in total. The Morgan fingerprint density at radius 2 is 2.07 bits per heavy atom. The topological polar surface area (TPSA) is 97.5 Å². The Morgan fingerprint density at radius 1 is 1.28 bits per heavy atom. The van der Waals surface area contributed by atoms with Gasteiger partial charge >= 0.3 is 0 Å². The van der Waals surface area contributed by atoms with Gasteiger partial charge in [0.25, 0.3) is 15.2 Å². The molecule has 0 bridgehead atoms. The number of hydrogen-bond donors (Lipinski definition) is 1. The number of rotatable bonds is 8. The summed E-state index contributed by atoms with van der Waals surface area (Å²) in [7, 11) is -3.78. The smallest absolute Gasteiger partial charge is 0.294 e. The Labute approximate surface area is 173 Å². The van der Waals surface area contributed by atoms with Crippen molar-refractivity contribution in [2.24, 2.45) is 0 Å². The van der Waals surface area contributed by atoms with Crippen LogP contribution in [-0.4, -0.2) is 52.4 Å². The van der Waals surface area contributed by atoms with Crippen LogP contribution in [0.15, 0.2) is 46.9 Å². The van der Waals surface area contributed by atoms with Crippen LogP contribution in [0.3, 0.4) is 0 Å². The number of hydrogen-bond acceptors (Lipinski definition) is 8. The summed E-state index contributed by atoms with van der Waals surface area (Å²) >= 11 is 0.989. The number of benzene rings is 1. The van der Waals surface area contributed by atoms with Crippen LogP contribution < -0.4 is 4.74 Å². The molecule has 0 saturated heterocycles. The third-order valence-electron chi connectivity index (χ3n) is 4.83. The van der Waals surface area contributed by atoms with E-state index in [0.717, 1.165) is 32.2 Å². The number of fused-ring (bicyclic) bond motifs is 1. The first-order valence-corrected chi connectivity index (χ1v) is 11.6. The highest BCUT2D eigenvalue weighted by atomic mass is 32.2. The monoisotopic (exact) mass is 434 g/mol. The average molecular weight is 435 g/mol. The summed E-state index contributed by atoms with van der Waals surface area (Å²) < 4.78 is 32.0. The molecular formula is C19H22N4O4S2. The molecular weight excluding hydrogens is 412 g/mol. The molecule has 0 saturated carbocycles. The predicted octanol–water partition coefficient (Wildman–Crippen LogP) is 2.07. The first-order valence-electron chi connectivity index (χ1n) is 9.31. The normalized spacial score (nSPS) is 15.4. The van der Waals surface area contributed by atoms with Gasteiger partial charge in [-0.25, -0.2) is 4.98 Å². The van der Waals surface area contributed by atoms with Crippen molar-refractivity contribution in [1.29, 1.82) is 0 Å². The SMILES string of the molecule is CCOc1ncc(S(=O)(=O)n2cc3c(n2)CN(C[C@@H](CO)c2ccccc2)C3)s1. The van der Waals surface area contributed by atoms with Gasteiger partial charge in [0.1, 0.15) is 0 Å². The largest absolute Gasteiger partial charge is 0.470 e. The van der Waals surface area contributed by atoms with E-state index in [1.54, 1.807) is 6.20 Å². The van der Waals surface area contributed by atoms with E-state index < -0.39 is 10.0 Å². The molecule has 3 aromatic rings. The van der Waals surface area contributed by atoms with Crippen LogP contribution >= 0.6 is 11.3 Å². The number of aromatic nitrogens is 3. The highest BCUT2D eigenvalue weighted by Crippen LogP contribution is 2.29. The number of nitrogens with zero attached hydrogens (tertiary/aromatic N) is 4. The highest BCUT2D eigenvalue weighted by Gasteiger charge is 2.29. The Bertz CT molecular complexity index is 1060. The lowest BCUT2D eigenvalue weighted by atomic mass is 9.99. The molecule has 0 amide bonds. The van der Waals surface area contributed by atoms with Crippen LogP contribution in [0.4, 0.5) is 0 Å².